The molecule has 3 heterocycles. The second kappa shape index (κ2) is 6.57. The predicted molar refractivity (Wildman–Crippen MR) is 94.8 cm³/mol. The molecule has 4 rings (SSSR count). The van der Waals surface area contributed by atoms with Crippen LogP contribution >= 0.6 is 0 Å². The molecule has 0 bridgehead atoms. The van der Waals surface area contributed by atoms with Crippen LogP contribution in [0.4, 0.5) is 5.95 Å². The fraction of sp³-hybridized carbons (Fsp3) is 0.389. The van der Waals surface area contributed by atoms with Crippen molar-refractivity contribution in [1.82, 2.24) is 24.8 Å². The van der Waals surface area contributed by atoms with Crippen molar-refractivity contribution in [3.8, 4) is 0 Å². The van der Waals surface area contributed by atoms with Gasteiger partial charge in [-0.05, 0) is 31.0 Å². The minimum Gasteiger partial charge on any atom is -0.339 e. The quantitative estimate of drug-likeness (QED) is 0.797. The molecule has 0 amide bonds. The number of anilines is 1. The average Bonchev–Trinajstić information content (AvgIpc) is 2.97. The highest BCUT2D eigenvalue weighted by Gasteiger charge is 2.21. The first kappa shape index (κ1) is 15.1. The Balaban J connectivity index is 1.42. The molecule has 124 valence electrons. The standard InChI is InChI=1S/C18H22N6/c1-23-16-8-3-2-7-15(16)22-17(23)12-21-14-6-4-11-24(13-14)18-19-9-5-10-20-18/h2-3,5,7-10,14,21H,4,6,11-13H2,1H3/t14-/m0/s1. The summed E-state index contributed by atoms with van der Waals surface area (Å²) in [5.74, 6) is 1.90. The van der Waals surface area contributed by atoms with Crippen LogP contribution < -0.4 is 10.2 Å². The molecule has 0 unspecified atom stereocenters. The van der Waals surface area contributed by atoms with Gasteiger partial charge in [-0.25, -0.2) is 15.0 Å². The molecule has 6 heteroatoms. The van der Waals surface area contributed by atoms with Crippen LogP contribution in [0.1, 0.15) is 18.7 Å². The summed E-state index contributed by atoms with van der Waals surface area (Å²) >= 11 is 0. The minimum atomic E-state index is 0.433. The average molecular weight is 322 g/mol. The first-order chi connectivity index (χ1) is 11.8. The van der Waals surface area contributed by atoms with Gasteiger partial charge in [-0.3, -0.25) is 0 Å². The third-order valence-corrected chi connectivity index (χ3v) is 4.68. The van der Waals surface area contributed by atoms with Crippen molar-refractivity contribution < 1.29 is 0 Å². The second-order valence-electron chi connectivity index (χ2n) is 6.29. The third-order valence-electron chi connectivity index (χ3n) is 4.68. The summed E-state index contributed by atoms with van der Waals surface area (Å²) in [5.41, 5.74) is 2.23. The van der Waals surface area contributed by atoms with Gasteiger partial charge in [0.05, 0.1) is 17.6 Å². The zero-order chi connectivity index (χ0) is 16.4. The maximum Gasteiger partial charge on any atom is 0.225 e. The monoisotopic (exact) mass is 322 g/mol. The van der Waals surface area contributed by atoms with Crippen molar-refractivity contribution >= 4 is 17.0 Å². The van der Waals surface area contributed by atoms with Crippen molar-refractivity contribution in [2.45, 2.75) is 25.4 Å². The van der Waals surface area contributed by atoms with Crippen molar-refractivity contribution in [2.24, 2.45) is 7.05 Å². The van der Waals surface area contributed by atoms with Gasteiger partial charge in [0, 0.05) is 38.6 Å². The molecular weight excluding hydrogens is 300 g/mol. The van der Waals surface area contributed by atoms with E-state index >= 15 is 0 Å². The van der Waals surface area contributed by atoms with E-state index in [1.54, 1.807) is 12.4 Å². The number of para-hydroxylation sites is 2. The highest BCUT2D eigenvalue weighted by atomic mass is 15.3. The van der Waals surface area contributed by atoms with Gasteiger partial charge in [0.25, 0.3) is 0 Å². The zero-order valence-corrected chi connectivity index (χ0v) is 13.9. The Kier molecular flexibility index (Phi) is 4.13. The van der Waals surface area contributed by atoms with Gasteiger partial charge < -0.3 is 14.8 Å². The van der Waals surface area contributed by atoms with Crippen LogP contribution in [0, 0.1) is 0 Å². The number of nitrogens with one attached hydrogen (secondary N) is 1. The second-order valence-corrected chi connectivity index (χ2v) is 6.29. The number of fused-ring (bicyclic) bond motifs is 1. The Bertz CT molecular complexity index is 813. The van der Waals surface area contributed by atoms with Crippen molar-refractivity contribution in [2.75, 3.05) is 18.0 Å². The van der Waals surface area contributed by atoms with E-state index in [1.807, 2.05) is 12.1 Å². The molecule has 3 aromatic rings. The number of hydrogen-bond donors (Lipinski definition) is 1. The van der Waals surface area contributed by atoms with Gasteiger partial charge in [-0.2, -0.15) is 0 Å². The molecule has 6 nitrogen and oxygen atoms in total. The number of piperidine rings is 1. The summed E-state index contributed by atoms with van der Waals surface area (Å²) in [5, 5.41) is 3.66. The lowest BCUT2D eigenvalue weighted by molar-refractivity contribution is 0.412. The first-order valence-electron chi connectivity index (χ1n) is 8.47. The summed E-state index contributed by atoms with van der Waals surface area (Å²) in [6, 6.07) is 10.6. The maximum atomic E-state index is 4.74. The van der Waals surface area contributed by atoms with Crippen LogP contribution in [-0.4, -0.2) is 38.7 Å². The third kappa shape index (κ3) is 2.97. The fourth-order valence-corrected chi connectivity index (χ4v) is 3.37. The number of aromatic nitrogens is 4. The predicted octanol–water partition coefficient (Wildman–Crippen LogP) is 2.12. The molecule has 1 aliphatic rings. The molecular formula is C18H22N6. The highest BCUT2D eigenvalue weighted by Crippen LogP contribution is 2.17. The Labute approximate surface area is 141 Å². The van der Waals surface area contributed by atoms with Gasteiger partial charge in [-0.15, -0.1) is 0 Å². The summed E-state index contributed by atoms with van der Waals surface area (Å²) in [6.07, 6.45) is 5.93. The van der Waals surface area contributed by atoms with Gasteiger partial charge in [0.15, 0.2) is 0 Å². The lowest BCUT2D eigenvalue weighted by atomic mass is 10.1. The largest absolute Gasteiger partial charge is 0.339 e. The normalized spacial score (nSPS) is 18.2. The van der Waals surface area contributed by atoms with E-state index in [4.69, 9.17) is 4.98 Å². The maximum absolute atomic E-state index is 4.74. The molecule has 0 spiro atoms. The highest BCUT2D eigenvalue weighted by molar-refractivity contribution is 5.75. The van der Waals surface area contributed by atoms with E-state index in [9.17, 15) is 0 Å². The van der Waals surface area contributed by atoms with Crippen LogP contribution in [0.25, 0.3) is 11.0 Å². The van der Waals surface area contributed by atoms with Gasteiger partial charge in [0.1, 0.15) is 5.82 Å². The zero-order valence-electron chi connectivity index (χ0n) is 13.9. The Morgan fingerprint density at radius 1 is 1.17 bits per heavy atom. The van der Waals surface area contributed by atoms with E-state index < -0.39 is 0 Å². The van der Waals surface area contributed by atoms with Crippen molar-refractivity contribution in [1.29, 1.82) is 0 Å². The Morgan fingerprint density at radius 2 is 2.00 bits per heavy atom. The van der Waals surface area contributed by atoms with Gasteiger partial charge in [0.2, 0.25) is 5.95 Å². The number of benzene rings is 1. The molecule has 1 aromatic carbocycles. The summed E-state index contributed by atoms with van der Waals surface area (Å²) in [6.45, 7) is 2.74. The molecule has 0 radical (unpaired) electrons. The number of nitrogens with zero attached hydrogens (tertiary/aromatic N) is 5. The Hall–Kier alpha value is -2.47. The summed E-state index contributed by atoms with van der Waals surface area (Å²) in [4.78, 5) is 15.7. The molecule has 0 aliphatic carbocycles. The van der Waals surface area contributed by atoms with E-state index in [2.05, 4.69) is 50.0 Å². The van der Waals surface area contributed by atoms with E-state index in [-0.39, 0.29) is 0 Å². The molecule has 1 aliphatic heterocycles. The lowest BCUT2D eigenvalue weighted by Gasteiger charge is -2.33. The molecule has 1 saturated heterocycles. The number of hydrogen-bond acceptors (Lipinski definition) is 5. The van der Waals surface area contributed by atoms with Gasteiger partial charge in [-0.1, -0.05) is 12.1 Å². The van der Waals surface area contributed by atoms with Crippen LogP contribution in [0.2, 0.25) is 0 Å². The van der Waals surface area contributed by atoms with Crippen molar-refractivity contribution in [3.63, 3.8) is 0 Å². The molecule has 24 heavy (non-hydrogen) atoms. The SMILES string of the molecule is Cn1c(CN[C@H]2CCCN(c3ncccn3)C2)nc2ccccc21. The Morgan fingerprint density at radius 3 is 2.83 bits per heavy atom. The van der Waals surface area contributed by atoms with E-state index in [1.165, 1.54) is 11.9 Å². The molecule has 1 N–H and O–H groups in total. The summed E-state index contributed by atoms with van der Waals surface area (Å²) in [7, 11) is 2.08. The first-order valence-corrected chi connectivity index (χ1v) is 8.47. The van der Waals surface area contributed by atoms with Crippen LogP contribution in [0.5, 0.6) is 0 Å². The number of aryl methyl sites for hydroxylation is 1. The lowest BCUT2D eigenvalue weighted by Crippen LogP contribution is -2.46. The smallest absolute Gasteiger partial charge is 0.225 e. The summed E-state index contributed by atoms with van der Waals surface area (Å²) < 4.78 is 2.17. The van der Waals surface area contributed by atoms with Gasteiger partial charge >= 0.3 is 0 Å². The van der Waals surface area contributed by atoms with E-state index in [0.717, 1.165) is 43.3 Å². The molecule has 0 saturated carbocycles. The van der Waals surface area contributed by atoms with Crippen LogP contribution in [0.15, 0.2) is 42.7 Å². The van der Waals surface area contributed by atoms with Crippen LogP contribution in [-0.2, 0) is 13.6 Å². The van der Waals surface area contributed by atoms with Crippen molar-refractivity contribution in [3.05, 3.63) is 48.5 Å². The van der Waals surface area contributed by atoms with Crippen LogP contribution in [0.3, 0.4) is 0 Å². The fourth-order valence-electron chi connectivity index (χ4n) is 3.37. The molecule has 1 fully saturated rings. The minimum absolute atomic E-state index is 0.433. The molecule has 1 atom stereocenters. The topological polar surface area (TPSA) is 58.9 Å². The molecule has 2 aromatic heterocycles. The number of imidazole rings is 1. The van der Waals surface area contributed by atoms with E-state index in [0.29, 0.717) is 6.04 Å². The number of rotatable bonds is 4.